The van der Waals surface area contributed by atoms with E-state index in [0.717, 1.165) is 0 Å². The molecule has 5 N–H and O–H groups in total. The van der Waals surface area contributed by atoms with Crippen molar-refractivity contribution in [2.75, 3.05) is 12.3 Å². The zero-order valence-corrected chi connectivity index (χ0v) is 19.5. The number of aromatic nitrogens is 4. The molecule has 3 aromatic heterocycles. The van der Waals surface area contributed by atoms with Gasteiger partial charge in [0.2, 0.25) is 0 Å². The molecule has 0 aliphatic rings. The third-order valence-corrected chi connectivity index (χ3v) is 5.86. The van der Waals surface area contributed by atoms with E-state index in [1.165, 1.54) is 4.52 Å². The SMILES string of the molecule is C[C@H](NC(=O)c1c(N)nn2cccnc12)c1cc2cccc(C#CCN)c2c(=O)n1-c1ccccc1. The number of para-hydroxylation sites is 1. The lowest BCUT2D eigenvalue weighted by Gasteiger charge is -2.21. The summed E-state index contributed by atoms with van der Waals surface area (Å²) in [5, 5.41) is 8.33. The number of nitrogens with zero attached hydrogens (tertiary/aromatic N) is 4. The molecule has 1 atom stereocenters. The molecule has 5 rings (SSSR count). The Balaban J connectivity index is 1.66. The highest BCUT2D eigenvalue weighted by Crippen LogP contribution is 2.24. The molecule has 5 aromatic rings. The number of carbonyl (C=O) groups is 1. The van der Waals surface area contributed by atoms with Crippen molar-refractivity contribution in [3.8, 4) is 17.5 Å². The normalized spacial score (nSPS) is 11.7. The van der Waals surface area contributed by atoms with E-state index in [1.807, 2.05) is 55.5 Å². The van der Waals surface area contributed by atoms with Gasteiger partial charge >= 0.3 is 0 Å². The number of rotatable bonds is 4. The standard InChI is InChI=1S/C27H23N7O2/c1-17(31-26(35)23-24(29)32-33-15-7-14-30-25(23)33)21-16-19-9-5-8-18(10-6-13-28)22(19)27(36)34(21)20-11-3-2-4-12-20/h2-5,7-9,11-12,14-17H,13,28H2,1H3,(H2,29,32)(H,31,35)/t17-/m0/s1. The molecule has 0 radical (unpaired) electrons. The van der Waals surface area contributed by atoms with Crippen LogP contribution in [0.5, 0.6) is 0 Å². The van der Waals surface area contributed by atoms with Crippen LogP contribution < -0.4 is 22.3 Å². The molecule has 0 unspecified atom stereocenters. The second-order valence-electron chi connectivity index (χ2n) is 8.16. The number of hydrogen-bond acceptors (Lipinski definition) is 6. The van der Waals surface area contributed by atoms with Crippen LogP contribution >= 0.6 is 0 Å². The zero-order chi connectivity index (χ0) is 25.2. The second-order valence-corrected chi connectivity index (χ2v) is 8.16. The summed E-state index contributed by atoms with van der Waals surface area (Å²) in [6.07, 6.45) is 3.23. The fourth-order valence-electron chi connectivity index (χ4n) is 4.26. The van der Waals surface area contributed by atoms with Crippen LogP contribution in [0.1, 0.15) is 34.6 Å². The summed E-state index contributed by atoms with van der Waals surface area (Å²) in [4.78, 5) is 31.4. The van der Waals surface area contributed by atoms with Gasteiger partial charge in [-0.05, 0) is 42.6 Å². The third-order valence-electron chi connectivity index (χ3n) is 5.86. The van der Waals surface area contributed by atoms with Gasteiger partial charge in [-0.1, -0.05) is 42.2 Å². The van der Waals surface area contributed by atoms with Crippen molar-refractivity contribution in [3.63, 3.8) is 0 Å². The smallest absolute Gasteiger partial charge is 0.264 e. The molecule has 0 saturated heterocycles. The first-order valence-corrected chi connectivity index (χ1v) is 11.3. The van der Waals surface area contributed by atoms with Gasteiger partial charge in [0.25, 0.3) is 11.5 Å². The number of fused-ring (bicyclic) bond motifs is 2. The molecule has 178 valence electrons. The topological polar surface area (TPSA) is 133 Å². The Morgan fingerprint density at radius 2 is 1.94 bits per heavy atom. The van der Waals surface area contributed by atoms with E-state index in [9.17, 15) is 9.59 Å². The number of hydrogen-bond donors (Lipinski definition) is 3. The van der Waals surface area contributed by atoms with Crippen molar-refractivity contribution >= 4 is 28.1 Å². The van der Waals surface area contributed by atoms with Crippen molar-refractivity contribution in [2.24, 2.45) is 5.73 Å². The first kappa shape index (κ1) is 22.8. The van der Waals surface area contributed by atoms with Crippen LogP contribution in [0.4, 0.5) is 5.82 Å². The lowest BCUT2D eigenvalue weighted by molar-refractivity contribution is 0.0941. The predicted octanol–water partition coefficient (Wildman–Crippen LogP) is 2.42. The monoisotopic (exact) mass is 477 g/mol. The minimum absolute atomic E-state index is 0.0699. The molecule has 9 nitrogen and oxygen atoms in total. The molecule has 0 saturated carbocycles. The van der Waals surface area contributed by atoms with Crippen molar-refractivity contribution in [1.29, 1.82) is 0 Å². The molecule has 1 amide bonds. The van der Waals surface area contributed by atoms with Gasteiger partial charge in [-0.15, -0.1) is 5.10 Å². The van der Waals surface area contributed by atoms with Crippen LogP contribution in [0.15, 0.2) is 77.9 Å². The minimum atomic E-state index is -0.563. The fraction of sp³-hybridized carbons (Fsp3) is 0.111. The predicted molar refractivity (Wildman–Crippen MR) is 139 cm³/mol. The van der Waals surface area contributed by atoms with Crippen molar-refractivity contribution < 1.29 is 4.79 Å². The van der Waals surface area contributed by atoms with Gasteiger partial charge in [0, 0.05) is 29.3 Å². The van der Waals surface area contributed by atoms with Crippen molar-refractivity contribution in [2.45, 2.75) is 13.0 Å². The lowest BCUT2D eigenvalue weighted by Crippen LogP contribution is -2.32. The first-order chi connectivity index (χ1) is 17.5. The van der Waals surface area contributed by atoms with Gasteiger partial charge in [-0.3, -0.25) is 14.2 Å². The molecule has 0 bridgehead atoms. The van der Waals surface area contributed by atoms with Gasteiger partial charge in [0.15, 0.2) is 11.5 Å². The van der Waals surface area contributed by atoms with E-state index in [-0.39, 0.29) is 23.5 Å². The summed E-state index contributed by atoms with van der Waals surface area (Å²) in [5.41, 5.74) is 13.7. The van der Waals surface area contributed by atoms with Gasteiger partial charge < -0.3 is 16.8 Å². The van der Waals surface area contributed by atoms with Crippen LogP contribution in [0.2, 0.25) is 0 Å². The summed E-state index contributed by atoms with van der Waals surface area (Å²) in [6.45, 7) is 2.00. The molecule has 0 aliphatic carbocycles. The van der Waals surface area contributed by atoms with Crippen LogP contribution in [0.3, 0.4) is 0 Å². The molecule has 36 heavy (non-hydrogen) atoms. The number of benzene rings is 2. The van der Waals surface area contributed by atoms with Gasteiger partial charge in [0.1, 0.15) is 5.56 Å². The van der Waals surface area contributed by atoms with E-state index < -0.39 is 11.9 Å². The molecular weight excluding hydrogens is 454 g/mol. The molecule has 0 aliphatic heterocycles. The van der Waals surface area contributed by atoms with Crippen molar-refractivity contribution in [1.82, 2.24) is 24.5 Å². The Labute approximate surface area is 206 Å². The number of anilines is 1. The molecular formula is C27H23N7O2. The molecule has 9 heteroatoms. The number of pyridine rings is 1. The number of carbonyl (C=O) groups excluding carboxylic acids is 1. The van der Waals surface area contributed by atoms with Crippen LogP contribution in [0, 0.1) is 11.8 Å². The van der Waals surface area contributed by atoms with Gasteiger partial charge in [-0.2, -0.15) is 0 Å². The average Bonchev–Trinajstić information content (AvgIpc) is 3.23. The molecule has 2 aromatic carbocycles. The van der Waals surface area contributed by atoms with E-state index in [4.69, 9.17) is 11.5 Å². The maximum Gasteiger partial charge on any atom is 0.264 e. The summed E-state index contributed by atoms with van der Waals surface area (Å²) in [7, 11) is 0. The number of nitrogens with one attached hydrogen (secondary N) is 1. The number of nitrogens with two attached hydrogens (primary N) is 2. The van der Waals surface area contributed by atoms with Gasteiger partial charge in [0.05, 0.1) is 18.0 Å². The summed E-state index contributed by atoms with van der Waals surface area (Å²) >= 11 is 0. The second kappa shape index (κ2) is 9.37. The number of nitrogen functional groups attached to an aromatic ring is 1. The summed E-state index contributed by atoms with van der Waals surface area (Å²) in [6, 6.07) is 17.8. The van der Waals surface area contributed by atoms with Crippen LogP contribution in [-0.2, 0) is 0 Å². The highest BCUT2D eigenvalue weighted by molar-refractivity contribution is 6.04. The Morgan fingerprint density at radius 3 is 2.72 bits per heavy atom. The van der Waals surface area contributed by atoms with E-state index in [1.54, 1.807) is 29.1 Å². The summed E-state index contributed by atoms with van der Waals surface area (Å²) < 4.78 is 3.05. The quantitative estimate of drug-likeness (QED) is 0.341. The third kappa shape index (κ3) is 3.96. The maximum absolute atomic E-state index is 13.9. The average molecular weight is 478 g/mol. The molecule has 0 spiro atoms. The Hall–Kier alpha value is -4.94. The van der Waals surface area contributed by atoms with Crippen molar-refractivity contribution in [3.05, 3.63) is 100 Å². The van der Waals surface area contributed by atoms with Crippen LogP contribution in [0.25, 0.3) is 22.1 Å². The van der Waals surface area contributed by atoms with Crippen LogP contribution in [-0.4, -0.2) is 31.6 Å². The lowest BCUT2D eigenvalue weighted by atomic mass is 10.0. The van der Waals surface area contributed by atoms with E-state index in [2.05, 4.69) is 27.2 Å². The molecule has 0 fully saturated rings. The Bertz CT molecular complexity index is 1730. The zero-order valence-electron chi connectivity index (χ0n) is 19.5. The molecule has 3 heterocycles. The van der Waals surface area contributed by atoms with Gasteiger partial charge in [-0.25, -0.2) is 9.50 Å². The largest absolute Gasteiger partial charge is 0.381 e. The maximum atomic E-state index is 13.9. The highest BCUT2D eigenvalue weighted by atomic mass is 16.2. The number of amides is 1. The van der Waals surface area contributed by atoms with E-state index in [0.29, 0.717) is 33.4 Å². The summed E-state index contributed by atoms with van der Waals surface area (Å²) in [5.74, 6) is 5.46. The fourth-order valence-corrected chi connectivity index (χ4v) is 4.26. The highest BCUT2D eigenvalue weighted by Gasteiger charge is 2.23. The Morgan fingerprint density at radius 1 is 1.14 bits per heavy atom. The first-order valence-electron chi connectivity index (χ1n) is 11.3. The van der Waals surface area contributed by atoms with E-state index >= 15 is 0 Å². The Kier molecular flexibility index (Phi) is 5.94. The minimum Gasteiger partial charge on any atom is -0.381 e.